The van der Waals surface area contributed by atoms with Crippen LogP contribution in [0.3, 0.4) is 0 Å². The normalized spacial score (nSPS) is 11.5. The van der Waals surface area contributed by atoms with E-state index in [1.165, 1.54) is 0 Å². The quantitative estimate of drug-likeness (QED) is 0.617. The second-order valence-corrected chi connectivity index (χ2v) is 3.93. The summed E-state index contributed by atoms with van der Waals surface area (Å²) in [4.78, 5) is 6.11. The number of aromatic nitrogens is 2. The number of rotatable bonds is 5. The standard InChI is InChI=1S/C13H20N4O/c1-4-6-8-16(9-7-5-2)12-10-11(3)17(18)13(14)15-12/h4-7,10,14,18H,8-9H2,1-3H3. The summed E-state index contributed by atoms with van der Waals surface area (Å²) >= 11 is 0. The molecular formula is C13H20N4O. The summed E-state index contributed by atoms with van der Waals surface area (Å²) < 4.78 is 0.771. The van der Waals surface area contributed by atoms with E-state index < -0.39 is 0 Å². The Morgan fingerprint density at radius 2 is 1.89 bits per heavy atom. The van der Waals surface area contributed by atoms with Gasteiger partial charge in [-0.1, -0.05) is 24.3 Å². The minimum Gasteiger partial charge on any atom is -0.425 e. The number of aryl methyl sites for hydroxylation is 1. The maximum atomic E-state index is 9.48. The number of allylic oxidation sites excluding steroid dienone is 2. The molecule has 0 saturated carbocycles. The first-order chi connectivity index (χ1) is 8.60. The van der Waals surface area contributed by atoms with Gasteiger partial charge in [-0.25, -0.2) is 0 Å². The first-order valence-corrected chi connectivity index (χ1v) is 5.92. The van der Waals surface area contributed by atoms with Crippen molar-refractivity contribution in [2.24, 2.45) is 0 Å². The minimum absolute atomic E-state index is 0.157. The van der Waals surface area contributed by atoms with Gasteiger partial charge in [0.15, 0.2) is 0 Å². The van der Waals surface area contributed by atoms with Gasteiger partial charge < -0.3 is 10.1 Å². The molecule has 0 bridgehead atoms. The molecule has 1 rings (SSSR count). The van der Waals surface area contributed by atoms with Crippen LogP contribution < -0.4 is 10.5 Å². The van der Waals surface area contributed by atoms with Crippen LogP contribution in [0.1, 0.15) is 19.5 Å². The van der Waals surface area contributed by atoms with E-state index in [2.05, 4.69) is 4.98 Å². The highest BCUT2D eigenvalue weighted by Crippen LogP contribution is 2.10. The van der Waals surface area contributed by atoms with Crippen LogP contribution in [0.5, 0.6) is 0 Å². The van der Waals surface area contributed by atoms with Gasteiger partial charge in [-0.05, 0) is 20.8 Å². The van der Waals surface area contributed by atoms with Crippen molar-refractivity contribution >= 4 is 5.82 Å². The van der Waals surface area contributed by atoms with Crippen molar-refractivity contribution in [2.75, 3.05) is 18.0 Å². The van der Waals surface area contributed by atoms with Crippen LogP contribution in [0, 0.1) is 12.3 Å². The lowest BCUT2D eigenvalue weighted by Gasteiger charge is -2.21. The lowest BCUT2D eigenvalue weighted by atomic mass is 10.3. The Morgan fingerprint density at radius 1 is 1.33 bits per heavy atom. The Labute approximate surface area is 107 Å². The summed E-state index contributed by atoms with van der Waals surface area (Å²) in [5.41, 5.74) is 0.437. The highest BCUT2D eigenvalue weighted by Gasteiger charge is 2.07. The Balaban J connectivity index is 3.07. The van der Waals surface area contributed by atoms with Crippen LogP contribution in [-0.2, 0) is 0 Å². The molecule has 0 aliphatic heterocycles. The molecule has 5 heteroatoms. The molecule has 0 aliphatic carbocycles. The Morgan fingerprint density at radius 3 is 2.33 bits per heavy atom. The molecular weight excluding hydrogens is 228 g/mol. The van der Waals surface area contributed by atoms with Crippen molar-refractivity contribution in [1.82, 2.24) is 9.71 Å². The van der Waals surface area contributed by atoms with E-state index in [0.717, 1.165) is 17.8 Å². The number of nitrogens with zero attached hydrogens (tertiary/aromatic N) is 3. The van der Waals surface area contributed by atoms with Crippen LogP contribution in [0.25, 0.3) is 0 Å². The van der Waals surface area contributed by atoms with Crippen molar-refractivity contribution in [3.63, 3.8) is 0 Å². The van der Waals surface area contributed by atoms with Gasteiger partial charge in [0, 0.05) is 19.2 Å². The second kappa shape index (κ2) is 6.64. The summed E-state index contributed by atoms with van der Waals surface area (Å²) in [5, 5.41) is 17.1. The summed E-state index contributed by atoms with van der Waals surface area (Å²) in [6.07, 6.45) is 8.02. The molecule has 18 heavy (non-hydrogen) atoms. The third kappa shape index (κ3) is 3.48. The lowest BCUT2D eigenvalue weighted by molar-refractivity contribution is 0.158. The molecule has 1 aromatic heterocycles. The number of anilines is 1. The molecule has 2 N–H and O–H groups in total. The molecule has 5 nitrogen and oxygen atoms in total. The van der Waals surface area contributed by atoms with E-state index in [1.54, 1.807) is 13.0 Å². The Bertz CT molecular complexity index is 488. The van der Waals surface area contributed by atoms with Crippen LogP contribution >= 0.6 is 0 Å². The zero-order chi connectivity index (χ0) is 13.5. The van der Waals surface area contributed by atoms with E-state index in [9.17, 15) is 5.21 Å². The topological polar surface area (TPSA) is 65.1 Å². The first kappa shape index (κ1) is 14.0. The summed E-state index contributed by atoms with van der Waals surface area (Å²) in [6.45, 7) is 7.13. The zero-order valence-electron chi connectivity index (χ0n) is 11.1. The molecule has 0 spiro atoms. The molecule has 0 unspecified atom stereocenters. The number of hydrogen-bond acceptors (Lipinski definition) is 4. The van der Waals surface area contributed by atoms with Gasteiger partial charge in [0.1, 0.15) is 5.82 Å². The van der Waals surface area contributed by atoms with E-state index >= 15 is 0 Å². The van der Waals surface area contributed by atoms with Crippen molar-refractivity contribution < 1.29 is 5.21 Å². The fourth-order valence-corrected chi connectivity index (χ4v) is 1.49. The van der Waals surface area contributed by atoms with Gasteiger partial charge in [0.25, 0.3) is 5.62 Å². The fraction of sp³-hybridized carbons (Fsp3) is 0.385. The average molecular weight is 248 g/mol. The molecule has 0 fully saturated rings. The van der Waals surface area contributed by atoms with E-state index in [-0.39, 0.29) is 5.62 Å². The molecule has 98 valence electrons. The van der Waals surface area contributed by atoms with Crippen molar-refractivity contribution in [1.29, 1.82) is 5.41 Å². The van der Waals surface area contributed by atoms with Crippen LogP contribution in [0.15, 0.2) is 30.4 Å². The summed E-state index contributed by atoms with van der Waals surface area (Å²) in [5.74, 6) is 0.694. The summed E-state index contributed by atoms with van der Waals surface area (Å²) in [6, 6.07) is 1.77. The average Bonchev–Trinajstić information content (AvgIpc) is 2.35. The predicted molar refractivity (Wildman–Crippen MR) is 71.8 cm³/mol. The van der Waals surface area contributed by atoms with E-state index in [1.807, 2.05) is 43.1 Å². The second-order valence-electron chi connectivity index (χ2n) is 3.93. The molecule has 0 radical (unpaired) electrons. The highest BCUT2D eigenvalue weighted by molar-refractivity contribution is 5.40. The third-order valence-electron chi connectivity index (χ3n) is 2.54. The van der Waals surface area contributed by atoms with E-state index in [4.69, 9.17) is 5.41 Å². The van der Waals surface area contributed by atoms with Crippen molar-refractivity contribution in [2.45, 2.75) is 20.8 Å². The SMILES string of the molecule is CC=CCN(CC=CC)c1cc(C)n(O)c(=N)n1. The van der Waals surface area contributed by atoms with Crippen LogP contribution in [-0.4, -0.2) is 28.0 Å². The van der Waals surface area contributed by atoms with Crippen LogP contribution in [0.2, 0.25) is 0 Å². The lowest BCUT2D eigenvalue weighted by Crippen LogP contribution is -2.30. The third-order valence-corrected chi connectivity index (χ3v) is 2.54. The molecule has 0 aliphatic rings. The van der Waals surface area contributed by atoms with Gasteiger partial charge in [-0.15, -0.1) is 0 Å². The summed E-state index contributed by atoms with van der Waals surface area (Å²) in [7, 11) is 0. The van der Waals surface area contributed by atoms with Gasteiger partial charge in [-0.2, -0.15) is 9.71 Å². The maximum Gasteiger partial charge on any atom is 0.257 e. The molecule has 0 amide bonds. The van der Waals surface area contributed by atoms with E-state index in [0.29, 0.717) is 11.5 Å². The smallest absolute Gasteiger partial charge is 0.257 e. The fourth-order valence-electron chi connectivity index (χ4n) is 1.49. The maximum absolute atomic E-state index is 9.48. The van der Waals surface area contributed by atoms with Gasteiger partial charge in [0.2, 0.25) is 0 Å². The van der Waals surface area contributed by atoms with Crippen molar-refractivity contribution in [3.05, 3.63) is 41.7 Å². The first-order valence-electron chi connectivity index (χ1n) is 5.92. The molecule has 1 aromatic rings. The molecule has 1 heterocycles. The highest BCUT2D eigenvalue weighted by atomic mass is 16.5. The monoisotopic (exact) mass is 248 g/mol. The zero-order valence-corrected chi connectivity index (χ0v) is 11.1. The molecule has 0 saturated heterocycles. The largest absolute Gasteiger partial charge is 0.425 e. The van der Waals surface area contributed by atoms with Gasteiger partial charge >= 0.3 is 0 Å². The Kier molecular flexibility index (Phi) is 5.17. The molecule has 0 aromatic carbocycles. The predicted octanol–water partition coefficient (Wildman–Crippen LogP) is 1.87. The number of hydrogen-bond donors (Lipinski definition) is 2. The van der Waals surface area contributed by atoms with Gasteiger partial charge in [-0.3, -0.25) is 5.41 Å². The Hall–Kier alpha value is -2.04. The van der Waals surface area contributed by atoms with Crippen molar-refractivity contribution in [3.8, 4) is 0 Å². The number of nitrogens with one attached hydrogen (secondary N) is 1. The minimum atomic E-state index is -0.157. The van der Waals surface area contributed by atoms with Crippen LogP contribution in [0.4, 0.5) is 5.82 Å². The van der Waals surface area contributed by atoms with Gasteiger partial charge in [0.05, 0.1) is 5.69 Å². The molecule has 0 atom stereocenters.